The number of methoxy groups -OCH3 is 1. The van der Waals surface area contributed by atoms with Gasteiger partial charge in [0, 0.05) is 10.9 Å². The quantitative estimate of drug-likeness (QED) is 0.258. The normalized spacial score (nSPS) is 10.8. The first-order valence-electron chi connectivity index (χ1n) is 7.88. The lowest BCUT2D eigenvalue weighted by Crippen LogP contribution is -2.00. The molecule has 2 aromatic carbocycles. The van der Waals surface area contributed by atoms with E-state index in [-0.39, 0.29) is 5.78 Å². The molecule has 2 aromatic rings. The Morgan fingerprint density at radius 3 is 2.58 bits per heavy atom. The number of halogens is 1. The van der Waals surface area contributed by atoms with Gasteiger partial charge in [-0.15, -0.1) is 0 Å². The highest BCUT2D eigenvalue weighted by Gasteiger charge is 2.04. The molecule has 0 aliphatic heterocycles. The van der Waals surface area contributed by atoms with E-state index in [1.807, 2.05) is 36.4 Å². The van der Waals surface area contributed by atoms with Gasteiger partial charge in [-0.05, 0) is 48.7 Å². The van der Waals surface area contributed by atoms with Crippen molar-refractivity contribution in [3.05, 3.63) is 65.7 Å². The molecule has 2 rings (SSSR count). The van der Waals surface area contributed by atoms with E-state index in [1.165, 1.54) is 0 Å². The summed E-state index contributed by atoms with van der Waals surface area (Å²) in [7, 11) is 1.63. The monoisotopic (exact) mass is 388 g/mol. The Bertz CT molecular complexity index is 678. The van der Waals surface area contributed by atoms with Crippen LogP contribution in [-0.4, -0.2) is 24.8 Å². The molecular formula is C20H21BrO3. The third-order valence-corrected chi connectivity index (χ3v) is 4.02. The van der Waals surface area contributed by atoms with Crippen LogP contribution in [0.4, 0.5) is 0 Å². The van der Waals surface area contributed by atoms with E-state index >= 15 is 0 Å². The molecule has 0 aliphatic rings. The summed E-state index contributed by atoms with van der Waals surface area (Å²) in [5, 5.41) is 0.977. The van der Waals surface area contributed by atoms with E-state index < -0.39 is 0 Å². The molecule has 126 valence electrons. The summed E-state index contributed by atoms with van der Waals surface area (Å²) in [6.45, 7) is 0.658. The molecule has 0 saturated heterocycles. The first-order chi connectivity index (χ1) is 11.7. The van der Waals surface area contributed by atoms with Crippen molar-refractivity contribution in [2.45, 2.75) is 12.8 Å². The van der Waals surface area contributed by atoms with Crippen LogP contribution in [0.15, 0.2) is 54.6 Å². The van der Waals surface area contributed by atoms with Gasteiger partial charge in [-0.25, -0.2) is 0 Å². The molecule has 24 heavy (non-hydrogen) atoms. The number of allylic oxidation sites excluding steroid dienone is 1. The van der Waals surface area contributed by atoms with Gasteiger partial charge in [0.25, 0.3) is 0 Å². The van der Waals surface area contributed by atoms with E-state index in [2.05, 4.69) is 15.9 Å². The van der Waals surface area contributed by atoms with Crippen LogP contribution in [0.5, 0.6) is 11.5 Å². The molecule has 0 saturated carbocycles. The van der Waals surface area contributed by atoms with Crippen LogP contribution >= 0.6 is 15.9 Å². The number of rotatable bonds is 9. The number of carbonyl (C=O) groups is 1. The summed E-state index contributed by atoms with van der Waals surface area (Å²) in [6.07, 6.45) is 5.43. The number of hydrogen-bond donors (Lipinski definition) is 0. The number of benzene rings is 2. The average Bonchev–Trinajstić information content (AvgIpc) is 2.64. The van der Waals surface area contributed by atoms with Gasteiger partial charge in [0.15, 0.2) is 5.78 Å². The molecule has 3 nitrogen and oxygen atoms in total. The average molecular weight is 389 g/mol. The van der Waals surface area contributed by atoms with Crippen LogP contribution in [-0.2, 0) is 0 Å². The molecule has 0 fully saturated rings. The molecule has 0 atom stereocenters. The molecule has 0 N–H and O–H groups in total. The highest BCUT2D eigenvalue weighted by atomic mass is 79.9. The van der Waals surface area contributed by atoms with Gasteiger partial charge in [0.05, 0.1) is 13.7 Å². The predicted octanol–water partition coefficient (Wildman–Crippen LogP) is 5.15. The second-order valence-corrected chi connectivity index (χ2v) is 6.04. The van der Waals surface area contributed by atoms with E-state index in [0.29, 0.717) is 12.2 Å². The van der Waals surface area contributed by atoms with Gasteiger partial charge in [-0.1, -0.05) is 46.3 Å². The number of carbonyl (C=O) groups excluding carboxylic acids is 1. The highest BCUT2D eigenvalue weighted by Crippen LogP contribution is 2.16. The Labute approximate surface area is 151 Å². The van der Waals surface area contributed by atoms with Crippen LogP contribution in [0.25, 0.3) is 6.08 Å². The molecule has 0 radical (unpaired) electrons. The van der Waals surface area contributed by atoms with Gasteiger partial charge in [-0.2, -0.15) is 0 Å². The first kappa shape index (κ1) is 18.3. The predicted molar refractivity (Wildman–Crippen MR) is 101 cm³/mol. The second kappa shape index (κ2) is 9.93. The molecule has 0 aliphatic carbocycles. The first-order valence-corrected chi connectivity index (χ1v) is 9.00. The number of alkyl halides is 1. The summed E-state index contributed by atoms with van der Waals surface area (Å²) >= 11 is 3.40. The van der Waals surface area contributed by atoms with Crippen molar-refractivity contribution in [2.24, 2.45) is 0 Å². The number of ketones is 1. The zero-order chi connectivity index (χ0) is 17.2. The van der Waals surface area contributed by atoms with E-state index in [0.717, 1.165) is 35.2 Å². The molecule has 0 unspecified atom stereocenters. The van der Waals surface area contributed by atoms with Crippen LogP contribution in [0.1, 0.15) is 28.8 Å². The zero-order valence-corrected chi connectivity index (χ0v) is 15.3. The van der Waals surface area contributed by atoms with E-state index in [4.69, 9.17) is 9.47 Å². The highest BCUT2D eigenvalue weighted by molar-refractivity contribution is 9.09. The Kier molecular flexibility index (Phi) is 7.56. The minimum absolute atomic E-state index is 0.0447. The van der Waals surface area contributed by atoms with Crippen molar-refractivity contribution in [2.75, 3.05) is 19.0 Å². The topological polar surface area (TPSA) is 35.5 Å². The Morgan fingerprint density at radius 2 is 1.88 bits per heavy atom. The Balaban J connectivity index is 1.96. The van der Waals surface area contributed by atoms with Gasteiger partial charge < -0.3 is 9.47 Å². The summed E-state index contributed by atoms with van der Waals surface area (Å²) in [4.78, 5) is 12.3. The molecule has 0 aromatic heterocycles. The molecule has 0 amide bonds. The standard InChI is InChI=1S/C20H21BrO3/c1-23-18-10-7-16(8-11-18)9-12-20(22)17-5-4-6-19(15-17)24-14-3-2-13-21/h4-12,15H,2-3,13-14H2,1H3. The number of unbranched alkanes of at least 4 members (excludes halogenated alkanes) is 1. The van der Waals surface area contributed by atoms with Crippen molar-refractivity contribution in [3.8, 4) is 11.5 Å². The fourth-order valence-electron chi connectivity index (χ4n) is 2.11. The molecule has 0 heterocycles. The number of ether oxygens (including phenoxy) is 2. The lowest BCUT2D eigenvalue weighted by atomic mass is 10.1. The molecular weight excluding hydrogens is 368 g/mol. The van der Waals surface area contributed by atoms with Crippen molar-refractivity contribution in [1.82, 2.24) is 0 Å². The minimum Gasteiger partial charge on any atom is -0.497 e. The summed E-state index contributed by atoms with van der Waals surface area (Å²) < 4.78 is 10.8. The Morgan fingerprint density at radius 1 is 1.08 bits per heavy atom. The Hall–Kier alpha value is -2.07. The maximum Gasteiger partial charge on any atom is 0.185 e. The van der Waals surface area contributed by atoms with Crippen LogP contribution in [0.2, 0.25) is 0 Å². The van der Waals surface area contributed by atoms with Crippen molar-refractivity contribution < 1.29 is 14.3 Å². The van der Waals surface area contributed by atoms with Crippen LogP contribution in [0, 0.1) is 0 Å². The van der Waals surface area contributed by atoms with Gasteiger partial charge in [0.2, 0.25) is 0 Å². The molecule has 4 heteroatoms. The van der Waals surface area contributed by atoms with Crippen molar-refractivity contribution in [3.63, 3.8) is 0 Å². The second-order valence-electron chi connectivity index (χ2n) is 5.24. The van der Waals surface area contributed by atoms with Crippen LogP contribution in [0.3, 0.4) is 0 Å². The third kappa shape index (κ3) is 5.85. The van der Waals surface area contributed by atoms with Crippen LogP contribution < -0.4 is 9.47 Å². The van der Waals surface area contributed by atoms with Gasteiger partial charge in [0.1, 0.15) is 11.5 Å². The minimum atomic E-state index is -0.0447. The van der Waals surface area contributed by atoms with Crippen molar-refractivity contribution in [1.29, 1.82) is 0 Å². The largest absolute Gasteiger partial charge is 0.497 e. The maximum atomic E-state index is 12.3. The summed E-state index contributed by atoms with van der Waals surface area (Å²) in [5.41, 5.74) is 1.57. The number of hydrogen-bond acceptors (Lipinski definition) is 3. The fourth-order valence-corrected chi connectivity index (χ4v) is 2.51. The SMILES string of the molecule is COc1ccc(C=CC(=O)c2cccc(OCCCCBr)c2)cc1. The van der Waals surface area contributed by atoms with Gasteiger partial charge in [-0.3, -0.25) is 4.79 Å². The smallest absolute Gasteiger partial charge is 0.185 e. The zero-order valence-electron chi connectivity index (χ0n) is 13.7. The van der Waals surface area contributed by atoms with E-state index in [9.17, 15) is 4.79 Å². The third-order valence-electron chi connectivity index (χ3n) is 3.46. The lowest BCUT2D eigenvalue weighted by molar-refractivity contribution is 0.104. The summed E-state index contributed by atoms with van der Waals surface area (Å²) in [6, 6.07) is 14.8. The van der Waals surface area contributed by atoms with Crippen molar-refractivity contribution >= 4 is 27.8 Å². The fraction of sp³-hybridized carbons (Fsp3) is 0.250. The molecule has 0 bridgehead atoms. The molecule has 0 spiro atoms. The lowest BCUT2D eigenvalue weighted by Gasteiger charge is -2.06. The van der Waals surface area contributed by atoms with Gasteiger partial charge >= 0.3 is 0 Å². The maximum absolute atomic E-state index is 12.3. The van der Waals surface area contributed by atoms with E-state index in [1.54, 1.807) is 31.4 Å². The summed E-state index contributed by atoms with van der Waals surface area (Å²) in [5.74, 6) is 1.48.